The number of carbonyl (C=O) groups is 5. The SMILES string of the molecule is CC(=O)N[C@H]1CSC(=O)[C@H](Cc2ccccc2)NC(=O)[C@H](Cc2ccccc2)NC(=O)CCCCCCCNC1=O. The molecule has 3 atom stereocenters. The molecule has 0 unspecified atom stereocenters. The molecular weight excluding hydrogens is 540 g/mol. The molecule has 1 saturated heterocycles. The lowest BCUT2D eigenvalue weighted by molar-refractivity contribution is -0.130. The molecule has 2 aromatic carbocycles. The van der Waals surface area contributed by atoms with Crippen molar-refractivity contribution in [2.24, 2.45) is 0 Å². The fraction of sp³-hybridized carbons (Fsp3) is 0.452. The summed E-state index contributed by atoms with van der Waals surface area (Å²) in [6.45, 7) is 1.79. The highest BCUT2D eigenvalue weighted by molar-refractivity contribution is 8.13. The number of nitrogens with one attached hydrogen (secondary N) is 4. The Labute approximate surface area is 246 Å². The summed E-state index contributed by atoms with van der Waals surface area (Å²) in [5, 5.41) is 10.9. The molecule has 1 fully saturated rings. The maximum atomic E-state index is 13.6. The van der Waals surface area contributed by atoms with Gasteiger partial charge in [0.2, 0.25) is 28.7 Å². The first-order valence-corrected chi connectivity index (χ1v) is 15.2. The van der Waals surface area contributed by atoms with Crippen molar-refractivity contribution in [1.82, 2.24) is 21.3 Å². The molecule has 0 radical (unpaired) electrons. The summed E-state index contributed by atoms with van der Waals surface area (Å²) in [6.07, 6.45) is 4.94. The van der Waals surface area contributed by atoms with Crippen molar-refractivity contribution in [2.45, 2.75) is 76.4 Å². The average molecular weight is 581 g/mol. The van der Waals surface area contributed by atoms with Crippen LogP contribution in [0.1, 0.15) is 56.6 Å². The number of benzene rings is 2. The van der Waals surface area contributed by atoms with Crippen LogP contribution in [-0.2, 0) is 36.8 Å². The van der Waals surface area contributed by atoms with Gasteiger partial charge in [0.15, 0.2) is 0 Å². The molecule has 0 aliphatic carbocycles. The van der Waals surface area contributed by atoms with E-state index < -0.39 is 24.0 Å². The van der Waals surface area contributed by atoms with Crippen LogP contribution in [0.3, 0.4) is 0 Å². The summed E-state index contributed by atoms with van der Waals surface area (Å²) in [5.41, 5.74) is 1.74. The zero-order chi connectivity index (χ0) is 29.5. The molecule has 1 aliphatic heterocycles. The molecule has 3 rings (SSSR count). The van der Waals surface area contributed by atoms with Crippen LogP contribution in [0.25, 0.3) is 0 Å². The number of hydrogen-bond donors (Lipinski definition) is 4. The topological polar surface area (TPSA) is 133 Å². The van der Waals surface area contributed by atoms with Crippen molar-refractivity contribution in [3.8, 4) is 0 Å². The Balaban J connectivity index is 1.84. The van der Waals surface area contributed by atoms with Gasteiger partial charge in [0.1, 0.15) is 18.1 Å². The molecule has 2 aromatic rings. The number of carbonyl (C=O) groups excluding carboxylic acids is 5. The molecule has 4 N–H and O–H groups in total. The molecule has 1 aliphatic rings. The van der Waals surface area contributed by atoms with Crippen molar-refractivity contribution in [2.75, 3.05) is 12.3 Å². The van der Waals surface area contributed by atoms with Gasteiger partial charge in [-0.25, -0.2) is 0 Å². The number of thioether (sulfide) groups is 1. The number of hydrogen-bond acceptors (Lipinski definition) is 6. The van der Waals surface area contributed by atoms with Gasteiger partial charge in [-0.15, -0.1) is 0 Å². The van der Waals surface area contributed by atoms with Crippen molar-refractivity contribution >= 4 is 40.5 Å². The van der Waals surface area contributed by atoms with Crippen LogP contribution in [0, 0.1) is 0 Å². The summed E-state index contributed by atoms with van der Waals surface area (Å²) in [5.74, 6) is -1.35. The van der Waals surface area contributed by atoms with Gasteiger partial charge in [-0.05, 0) is 24.0 Å². The lowest BCUT2D eigenvalue weighted by Crippen LogP contribution is -2.53. The smallest absolute Gasteiger partial charge is 0.243 e. The third-order valence-electron chi connectivity index (χ3n) is 6.78. The molecule has 41 heavy (non-hydrogen) atoms. The Kier molecular flexibility index (Phi) is 13.4. The molecule has 0 saturated carbocycles. The third-order valence-corrected chi connectivity index (χ3v) is 7.85. The molecule has 0 bridgehead atoms. The van der Waals surface area contributed by atoms with E-state index in [1.165, 1.54) is 6.92 Å². The average Bonchev–Trinajstić information content (AvgIpc) is 2.96. The van der Waals surface area contributed by atoms with Gasteiger partial charge in [0.05, 0.1) is 0 Å². The fourth-order valence-corrected chi connectivity index (χ4v) is 5.52. The first kappa shape index (κ1) is 31.9. The number of amides is 4. The summed E-state index contributed by atoms with van der Waals surface area (Å²) in [6, 6.07) is 16.1. The van der Waals surface area contributed by atoms with E-state index in [0.717, 1.165) is 48.6 Å². The van der Waals surface area contributed by atoms with Crippen LogP contribution in [-0.4, -0.2) is 59.2 Å². The molecule has 10 heteroatoms. The largest absolute Gasteiger partial charge is 0.354 e. The Hall–Kier alpha value is -3.66. The Morgan fingerprint density at radius 2 is 1.37 bits per heavy atom. The van der Waals surface area contributed by atoms with Crippen LogP contribution in [0.5, 0.6) is 0 Å². The summed E-state index contributed by atoms with van der Waals surface area (Å²) >= 11 is 0.895. The van der Waals surface area contributed by atoms with Gasteiger partial charge in [0, 0.05) is 38.5 Å². The van der Waals surface area contributed by atoms with Crippen molar-refractivity contribution in [1.29, 1.82) is 0 Å². The van der Waals surface area contributed by atoms with Gasteiger partial charge in [-0.2, -0.15) is 0 Å². The Morgan fingerprint density at radius 1 is 0.780 bits per heavy atom. The predicted octanol–water partition coefficient (Wildman–Crippen LogP) is 2.68. The molecular formula is C31H40N4O5S. The minimum absolute atomic E-state index is 0.0234. The van der Waals surface area contributed by atoms with E-state index in [4.69, 9.17) is 0 Å². The molecule has 9 nitrogen and oxygen atoms in total. The van der Waals surface area contributed by atoms with E-state index in [9.17, 15) is 24.0 Å². The summed E-state index contributed by atoms with van der Waals surface area (Å²) in [7, 11) is 0. The zero-order valence-electron chi connectivity index (χ0n) is 23.5. The van der Waals surface area contributed by atoms with E-state index >= 15 is 0 Å². The predicted molar refractivity (Wildman–Crippen MR) is 160 cm³/mol. The van der Waals surface area contributed by atoms with Gasteiger partial charge < -0.3 is 21.3 Å². The highest BCUT2D eigenvalue weighted by Crippen LogP contribution is 2.15. The van der Waals surface area contributed by atoms with Crippen LogP contribution >= 0.6 is 11.8 Å². The maximum Gasteiger partial charge on any atom is 0.243 e. The molecule has 1 heterocycles. The molecule has 0 aromatic heterocycles. The summed E-state index contributed by atoms with van der Waals surface area (Å²) < 4.78 is 0. The third kappa shape index (κ3) is 11.8. The maximum absolute atomic E-state index is 13.6. The Bertz CT molecular complexity index is 1160. The second kappa shape index (κ2) is 17.2. The van der Waals surface area contributed by atoms with Crippen LogP contribution in [0.15, 0.2) is 60.7 Å². The lowest BCUT2D eigenvalue weighted by atomic mass is 10.0. The highest BCUT2D eigenvalue weighted by Gasteiger charge is 2.29. The first-order chi connectivity index (χ1) is 19.8. The quantitative estimate of drug-likeness (QED) is 0.430. The van der Waals surface area contributed by atoms with Crippen molar-refractivity contribution in [3.05, 3.63) is 71.8 Å². The van der Waals surface area contributed by atoms with Gasteiger partial charge in [-0.1, -0.05) is 91.7 Å². The first-order valence-electron chi connectivity index (χ1n) is 14.2. The van der Waals surface area contributed by atoms with Crippen LogP contribution in [0.2, 0.25) is 0 Å². The van der Waals surface area contributed by atoms with Crippen molar-refractivity contribution in [3.63, 3.8) is 0 Å². The lowest BCUT2D eigenvalue weighted by Gasteiger charge is -2.24. The normalized spacial score (nSPS) is 22.2. The zero-order valence-corrected chi connectivity index (χ0v) is 24.3. The van der Waals surface area contributed by atoms with E-state index in [1.807, 2.05) is 60.7 Å². The highest BCUT2D eigenvalue weighted by atomic mass is 32.2. The van der Waals surface area contributed by atoms with E-state index in [2.05, 4.69) is 21.3 Å². The second-order valence-electron chi connectivity index (χ2n) is 10.3. The fourth-order valence-electron chi connectivity index (χ4n) is 4.61. The van der Waals surface area contributed by atoms with Gasteiger partial charge in [0.25, 0.3) is 0 Å². The molecule has 220 valence electrons. The van der Waals surface area contributed by atoms with Crippen LogP contribution < -0.4 is 21.3 Å². The Morgan fingerprint density at radius 3 is 2.00 bits per heavy atom. The van der Waals surface area contributed by atoms with Gasteiger partial charge >= 0.3 is 0 Å². The summed E-state index contributed by atoms with van der Waals surface area (Å²) in [4.78, 5) is 64.5. The monoisotopic (exact) mass is 580 g/mol. The minimum atomic E-state index is -0.909. The molecule has 0 spiro atoms. The molecule has 4 amide bonds. The second-order valence-corrected chi connectivity index (χ2v) is 11.3. The van der Waals surface area contributed by atoms with Crippen LogP contribution in [0.4, 0.5) is 0 Å². The van der Waals surface area contributed by atoms with E-state index in [-0.39, 0.29) is 41.4 Å². The van der Waals surface area contributed by atoms with Gasteiger partial charge in [-0.3, -0.25) is 24.0 Å². The minimum Gasteiger partial charge on any atom is -0.354 e. The standard InChI is InChI=1S/C31H40N4O5S/c1-22(36)33-27-21-41-31(40)26(20-24-15-9-6-10-16-24)35-30(39)25(19-23-13-7-5-8-14-23)34-28(37)17-11-3-2-4-12-18-32-29(27)38/h5-10,13-16,25-27H,2-4,11-12,17-21H2,1H3,(H,32,38)(H,33,36)(H,34,37)(H,35,39)/t25-,26-,27-/m0/s1. The van der Waals surface area contributed by atoms with E-state index in [1.54, 1.807) is 0 Å². The van der Waals surface area contributed by atoms with Crippen molar-refractivity contribution < 1.29 is 24.0 Å². The number of rotatable bonds is 5. The van der Waals surface area contributed by atoms with E-state index in [0.29, 0.717) is 19.4 Å².